The lowest BCUT2D eigenvalue weighted by Gasteiger charge is -2.07. The smallest absolute Gasteiger partial charge is 0.387 e. The first kappa shape index (κ1) is 19.4. The van der Waals surface area contributed by atoms with Crippen molar-refractivity contribution in [2.75, 3.05) is 12.3 Å². The standard InChI is InChI=1S/C18H16ClF2N3O2S/c19-12-3-6-14-15(9-12)24-18(23-14)27-10-16(25)22-8-7-11-1-4-13(5-2-11)26-17(20)21/h1-6,9,17H,7-8,10H2,(H,22,25)(H,23,24). The van der Waals surface area contributed by atoms with Crippen LogP contribution in [0.1, 0.15) is 5.56 Å². The van der Waals surface area contributed by atoms with E-state index in [2.05, 4.69) is 20.0 Å². The molecule has 0 saturated heterocycles. The summed E-state index contributed by atoms with van der Waals surface area (Å²) < 4.78 is 28.5. The van der Waals surface area contributed by atoms with E-state index in [4.69, 9.17) is 11.6 Å². The third-order valence-corrected chi connectivity index (χ3v) is 4.75. The van der Waals surface area contributed by atoms with Crippen LogP contribution in [0.3, 0.4) is 0 Å². The van der Waals surface area contributed by atoms with Crippen LogP contribution in [0.2, 0.25) is 5.02 Å². The number of amides is 1. The molecule has 27 heavy (non-hydrogen) atoms. The van der Waals surface area contributed by atoms with Crippen LogP contribution in [0.5, 0.6) is 5.75 Å². The van der Waals surface area contributed by atoms with Crippen molar-refractivity contribution in [1.29, 1.82) is 0 Å². The van der Waals surface area contributed by atoms with Gasteiger partial charge < -0.3 is 15.0 Å². The Morgan fingerprint density at radius 3 is 2.78 bits per heavy atom. The van der Waals surface area contributed by atoms with E-state index >= 15 is 0 Å². The maximum absolute atomic E-state index is 12.1. The quantitative estimate of drug-likeness (QED) is 0.543. The summed E-state index contributed by atoms with van der Waals surface area (Å²) in [5, 5.41) is 4.09. The molecule has 0 aliphatic rings. The predicted molar refractivity (Wildman–Crippen MR) is 102 cm³/mol. The van der Waals surface area contributed by atoms with Crippen LogP contribution in [0.4, 0.5) is 8.78 Å². The summed E-state index contributed by atoms with van der Waals surface area (Å²) in [5.41, 5.74) is 2.53. The Kier molecular flexibility index (Phi) is 6.52. The molecule has 3 aromatic rings. The summed E-state index contributed by atoms with van der Waals surface area (Å²) in [6.07, 6.45) is 0.592. The molecule has 0 atom stereocenters. The minimum atomic E-state index is -2.84. The average molecular weight is 412 g/mol. The summed E-state index contributed by atoms with van der Waals surface area (Å²) >= 11 is 7.24. The molecule has 0 aliphatic heterocycles. The maximum Gasteiger partial charge on any atom is 0.387 e. The molecule has 0 saturated carbocycles. The SMILES string of the molecule is O=C(CSc1nc2ccc(Cl)cc2[nH]1)NCCc1ccc(OC(F)F)cc1. The van der Waals surface area contributed by atoms with E-state index < -0.39 is 6.61 Å². The van der Waals surface area contributed by atoms with E-state index in [-0.39, 0.29) is 17.4 Å². The Morgan fingerprint density at radius 1 is 1.26 bits per heavy atom. The fraction of sp³-hybridized carbons (Fsp3) is 0.222. The van der Waals surface area contributed by atoms with E-state index in [1.165, 1.54) is 23.9 Å². The highest BCUT2D eigenvalue weighted by molar-refractivity contribution is 7.99. The van der Waals surface area contributed by atoms with Crippen LogP contribution in [-0.2, 0) is 11.2 Å². The van der Waals surface area contributed by atoms with Gasteiger partial charge in [0.05, 0.1) is 16.8 Å². The molecule has 9 heteroatoms. The molecule has 1 aromatic heterocycles. The number of halogens is 3. The number of alkyl halides is 2. The number of rotatable bonds is 8. The molecule has 3 rings (SSSR count). The first-order valence-electron chi connectivity index (χ1n) is 8.08. The summed E-state index contributed by atoms with van der Waals surface area (Å²) in [6.45, 7) is -2.39. The van der Waals surface area contributed by atoms with Crippen molar-refractivity contribution in [1.82, 2.24) is 15.3 Å². The Labute approximate surface area is 163 Å². The van der Waals surface area contributed by atoms with Crippen molar-refractivity contribution >= 4 is 40.3 Å². The van der Waals surface area contributed by atoms with Gasteiger partial charge in [0.1, 0.15) is 5.75 Å². The number of benzene rings is 2. The van der Waals surface area contributed by atoms with Crippen LogP contribution in [0, 0.1) is 0 Å². The molecule has 2 aromatic carbocycles. The number of nitrogens with one attached hydrogen (secondary N) is 2. The second kappa shape index (κ2) is 9.05. The highest BCUT2D eigenvalue weighted by Gasteiger charge is 2.08. The number of aromatic nitrogens is 2. The molecule has 0 fully saturated rings. The number of ether oxygens (including phenoxy) is 1. The molecule has 0 aliphatic carbocycles. The summed E-state index contributed by atoms with van der Waals surface area (Å²) in [4.78, 5) is 19.5. The van der Waals surface area contributed by atoms with Gasteiger partial charge in [0.15, 0.2) is 5.16 Å². The van der Waals surface area contributed by atoms with Gasteiger partial charge in [-0.25, -0.2) is 4.98 Å². The van der Waals surface area contributed by atoms with E-state index in [0.29, 0.717) is 23.1 Å². The number of H-pyrrole nitrogens is 1. The van der Waals surface area contributed by atoms with Crippen molar-refractivity contribution in [2.45, 2.75) is 18.2 Å². The lowest BCUT2D eigenvalue weighted by Crippen LogP contribution is -2.27. The van der Waals surface area contributed by atoms with Gasteiger partial charge in [0.25, 0.3) is 0 Å². The minimum Gasteiger partial charge on any atom is -0.435 e. The molecule has 2 N–H and O–H groups in total. The second-order valence-electron chi connectivity index (χ2n) is 5.61. The van der Waals surface area contributed by atoms with E-state index in [1.807, 2.05) is 6.07 Å². The number of aromatic amines is 1. The Balaban J connectivity index is 1.41. The molecule has 0 unspecified atom stereocenters. The van der Waals surface area contributed by atoms with Crippen LogP contribution in [-0.4, -0.2) is 34.8 Å². The topological polar surface area (TPSA) is 67.0 Å². The molecular formula is C18H16ClF2N3O2S. The third kappa shape index (κ3) is 5.83. The van der Waals surface area contributed by atoms with Gasteiger partial charge in [0.2, 0.25) is 5.91 Å². The third-order valence-electron chi connectivity index (χ3n) is 3.65. The fourth-order valence-corrected chi connectivity index (χ4v) is 3.28. The van der Waals surface area contributed by atoms with Crippen molar-refractivity contribution in [3.8, 4) is 5.75 Å². The number of fused-ring (bicyclic) bond motifs is 1. The summed E-state index contributed by atoms with van der Waals surface area (Å²) in [5.74, 6) is 0.229. The normalized spacial score (nSPS) is 11.1. The number of carbonyl (C=O) groups is 1. The number of imidazole rings is 1. The van der Waals surface area contributed by atoms with Crippen molar-refractivity contribution in [3.63, 3.8) is 0 Å². The van der Waals surface area contributed by atoms with Gasteiger partial charge in [-0.2, -0.15) is 8.78 Å². The zero-order chi connectivity index (χ0) is 19.2. The molecule has 0 spiro atoms. The lowest BCUT2D eigenvalue weighted by atomic mass is 10.1. The molecule has 0 radical (unpaired) electrons. The zero-order valence-corrected chi connectivity index (χ0v) is 15.6. The number of nitrogens with zero attached hydrogens (tertiary/aromatic N) is 1. The molecule has 0 bridgehead atoms. The molecule has 5 nitrogen and oxygen atoms in total. The van der Waals surface area contributed by atoms with Crippen LogP contribution < -0.4 is 10.1 Å². The van der Waals surface area contributed by atoms with Gasteiger partial charge in [-0.15, -0.1) is 0 Å². The van der Waals surface area contributed by atoms with E-state index in [0.717, 1.165) is 16.6 Å². The Bertz CT molecular complexity index is 919. The Hall–Kier alpha value is -2.32. The Morgan fingerprint density at radius 2 is 2.04 bits per heavy atom. The van der Waals surface area contributed by atoms with Crippen LogP contribution in [0.25, 0.3) is 11.0 Å². The van der Waals surface area contributed by atoms with Gasteiger partial charge in [-0.05, 0) is 42.3 Å². The number of hydrogen-bond donors (Lipinski definition) is 2. The van der Waals surface area contributed by atoms with Gasteiger partial charge in [-0.1, -0.05) is 35.5 Å². The van der Waals surface area contributed by atoms with Gasteiger partial charge >= 0.3 is 6.61 Å². The summed E-state index contributed by atoms with van der Waals surface area (Å²) in [7, 11) is 0. The number of thioether (sulfide) groups is 1. The highest BCUT2D eigenvalue weighted by atomic mass is 35.5. The number of carbonyl (C=O) groups excluding carboxylic acids is 1. The molecule has 1 heterocycles. The number of hydrogen-bond acceptors (Lipinski definition) is 4. The fourth-order valence-electron chi connectivity index (χ4n) is 2.40. The van der Waals surface area contributed by atoms with Crippen molar-refractivity contribution in [2.24, 2.45) is 0 Å². The van der Waals surface area contributed by atoms with Crippen LogP contribution >= 0.6 is 23.4 Å². The average Bonchev–Trinajstić information content (AvgIpc) is 3.03. The zero-order valence-electron chi connectivity index (χ0n) is 14.0. The predicted octanol–water partition coefficient (Wildman–Crippen LogP) is 4.27. The van der Waals surface area contributed by atoms with Crippen LogP contribution in [0.15, 0.2) is 47.6 Å². The maximum atomic E-state index is 12.1. The first-order valence-corrected chi connectivity index (χ1v) is 9.44. The van der Waals surface area contributed by atoms with E-state index in [9.17, 15) is 13.6 Å². The van der Waals surface area contributed by atoms with Gasteiger partial charge in [0, 0.05) is 11.6 Å². The van der Waals surface area contributed by atoms with Crippen molar-refractivity contribution in [3.05, 3.63) is 53.1 Å². The second-order valence-corrected chi connectivity index (χ2v) is 7.01. The molecular weight excluding hydrogens is 396 g/mol. The van der Waals surface area contributed by atoms with E-state index in [1.54, 1.807) is 24.3 Å². The minimum absolute atomic E-state index is 0.112. The van der Waals surface area contributed by atoms with Gasteiger partial charge in [-0.3, -0.25) is 4.79 Å². The highest BCUT2D eigenvalue weighted by Crippen LogP contribution is 2.22. The molecule has 1 amide bonds. The lowest BCUT2D eigenvalue weighted by molar-refractivity contribution is -0.118. The van der Waals surface area contributed by atoms with Crippen molar-refractivity contribution < 1.29 is 18.3 Å². The first-order chi connectivity index (χ1) is 13.0. The monoisotopic (exact) mass is 411 g/mol. The molecule has 142 valence electrons. The summed E-state index contributed by atoms with van der Waals surface area (Å²) in [6, 6.07) is 11.7. The largest absolute Gasteiger partial charge is 0.435 e.